The van der Waals surface area contributed by atoms with E-state index in [2.05, 4.69) is 27.8 Å². The molecule has 0 spiro atoms. The van der Waals surface area contributed by atoms with Crippen LogP contribution in [0.15, 0.2) is 42.5 Å². The number of carboxylic acids is 1. The number of hydrogen-bond donors (Lipinski definition) is 3. The molecule has 1 radical (unpaired) electrons. The summed E-state index contributed by atoms with van der Waals surface area (Å²) in [4.78, 5) is 13.4. The van der Waals surface area contributed by atoms with E-state index in [1.165, 1.54) is 19.4 Å². The van der Waals surface area contributed by atoms with Gasteiger partial charge in [0.2, 0.25) is 0 Å². The number of carbonyl (C=O) groups is 1. The van der Waals surface area contributed by atoms with Gasteiger partial charge in [0.15, 0.2) is 0 Å². The van der Waals surface area contributed by atoms with E-state index in [0.717, 1.165) is 29.3 Å². The quantitative estimate of drug-likeness (QED) is 0.644. The molecule has 7 heteroatoms. The maximum atomic E-state index is 10.9. The number of nitrogens with zero attached hydrogens (tertiary/aromatic N) is 2. The van der Waals surface area contributed by atoms with Crippen LogP contribution >= 0.6 is 0 Å². The molecule has 0 amide bonds. The normalized spacial score (nSPS) is 20.9. The van der Waals surface area contributed by atoms with Crippen LogP contribution in [0.1, 0.15) is 30.1 Å². The van der Waals surface area contributed by atoms with Crippen molar-refractivity contribution < 1.29 is 42.6 Å². The molecule has 2 aliphatic rings. The fourth-order valence-corrected chi connectivity index (χ4v) is 3.68. The number of likely N-dealkylation sites (tertiary alicyclic amines) is 1. The van der Waals surface area contributed by atoms with E-state index in [-0.39, 0.29) is 44.4 Å². The maximum absolute atomic E-state index is 10.9. The van der Waals surface area contributed by atoms with Gasteiger partial charge in [-0.15, -0.1) is 11.4 Å². The van der Waals surface area contributed by atoms with Gasteiger partial charge in [0.25, 0.3) is 0 Å². The third kappa shape index (κ3) is 4.62. The molecular formula is C20H23N4O2Y-. The van der Waals surface area contributed by atoms with Crippen molar-refractivity contribution in [1.82, 2.24) is 4.90 Å². The molecule has 1 fully saturated rings. The number of nitrogens with one attached hydrogen (secondary N) is 2. The van der Waals surface area contributed by atoms with E-state index in [4.69, 9.17) is 5.11 Å². The zero-order valence-corrected chi connectivity index (χ0v) is 18.2. The van der Waals surface area contributed by atoms with Crippen LogP contribution in [0.5, 0.6) is 0 Å². The van der Waals surface area contributed by atoms with Crippen molar-refractivity contribution in [1.29, 1.82) is 0 Å². The second-order valence-electron chi connectivity index (χ2n) is 7.02. The first-order valence-electron chi connectivity index (χ1n) is 9.05. The van der Waals surface area contributed by atoms with Gasteiger partial charge in [-0.25, -0.2) is 4.79 Å². The van der Waals surface area contributed by atoms with Gasteiger partial charge in [-0.2, -0.15) is 0 Å². The van der Waals surface area contributed by atoms with Crippen LogP contribution in [0.2, 0.25) is 0 Å². The third-order valence-corrected chi connectivity index (χ3v) is 5.14. The number of anilines is 2. The summed E-state index contributed by atoms with van der Waals surface area (Å²) in [6.45, 7) is 4.45. The zero-order valence-electron chi connectivity index (χ0n) is 15.4. The average Bonchev–Trinajstić information content (AvgIpc) is 3.21. The fraction of sp³-hybridized carbons (Fsp3) is 0.350. The molecule has 27 heavy (non-hydrogen) atoms. The van der Waals surface area contributed by atoms with Gasteiger partial charge < -0.3 is 21.1 Å². The van der Waals surface area contributed by atoms with E-state index >= 15 is 0 Å². The molecule has 1 saturated heterocycles. The average molecular weight is 440 g/mol. The zero-order chi connectivity index (χ0) is 18.1. The number of rotatable bonds is 5. The minimum Gasteiger partial charge on any atom is -0.658 e. The minimum atomic E-state index is -0.928. The van der Waals surface area contributed by atoms with Crippen molar-refractivity contribution in [3.63, 3.8) is 0 Å². The number of benzene rings is 2. The number of aromatic carboxylic acids is 1. The minimum absolute atomic E-state index is 0. The molecule has 0 aliphatic carbocycles. The number of hydrogen-bond acceptors (Lipinski definition) is 4. The van der Waals surface area contributed by atoms with Gasteiger partial charge in [-0.1, -0.05) is 24.3 Å². The molecule has 2 atom stereocenters. The first-order valence-corrected chi connectivity index (χ1v) is 9.05. The summed E-state index contributed by atoms with van der Waals surface area (Å²) in [7, 11) is 0. The van der Waals surface area contributed by atoms with E-state index < -0.39 is 5.97 Å². The molecule has 139 valence electrons. The molecule has 4 rings (SSSR count). The Balaban J connectivity index is 0.00000210. The van der Waals surface area contributed by atoms with Crippen LogP contribution in [-0.2, 0) is 32.7 Å². The summed E-state index contributed by atoms with van der Waals surface area (Å²) >= 11 is 0. The van der Waals surface area contributed by atoms with Gasteiger partial charge in [-0.05, 0) is 44.5 Å². The summed E-state index contributed by atoms with van der Waals surface area (Å²) in [6.07, 6.45) is 2.78. The van der Waals surface area contributed by atoms with Crippen molar-refractivity contribution in [2.45, 2.75) is 32.0 Å². The molecule has 0 aromatic heterocycles. The summed E-state index contributed by atoms with van der Waals surface area (Å²) in [5.74, 6) is -0.928. The maximum Gasteiger partial charge on any atom is 0.335 e. The molecule has 2 aliphatic heterocycles. The Kier molecular flexibility index (Phi) is 6.40. The topological polar surface area (TPSA) is 78.7 Å². The molecular weight excluding hydrogens is 417 g/mol. The molecule has 2 unspecified atom stereocenters. The predicted octanol–water partition coefficient (Wildman–Crippen LogP) is 4.37. The Labute approximate surface area is 184 Å². The third-order valence-electron chi connectivity index (χ3n) is 5.14. The Bertz CT molecular complexity index is 812. The van der Waals surface area contributed by atoms with Crippen molar-refractivity contribution in [2.24, 2.45) is 0 Å². The number of fused-ring (bicyclic) bond motifs is 1. The molecule has 0 saturated carbocycles. The van der Waals surface area contributed by atoms with Crippen molar-refractivity contribution >= 4 is 28.7 Å². The SMILES string of the molecule is CC1CCCN1CC1Nc2ccc([N-]c3ccc(C(=O)O)cc3)cc2N1.[Y]. The van der Waals surface area contributed by atoms with Crippen molar-refractivity contribution in [3.05, 3.63) is 53.3 Å². The van der Waals surface area contributed by atoms with Gasteiger partial charge >= 0.3 is 5.97 Å². The summed E-state index contributed by atoms with van der Waals surface area (Å²) in [6, 6.07) is 13.3. The van der Waals surface area contributed by atoms with Gasteiger partial charge in [0, 0.05) is 45.3 Å². The standard InChI is InChI=1S/C20H23N4O2.Y/c1-13-3-2-10-24(13)12-19-22-17-9-8-16(11-18(17)23-19)21-15-6-4-14(5-7-15)20(25)26;/h4-9,11,13,19,22-23H,2-3,10,12H2,1H3,(H,25,26);/q-1;. The van der Waals surface area contributed by atoms with E-state index in [9.17, 15) is 4.79 Å². The first-order chi connectivity index (χ1) is 12.6. The van der Waals surface area contributed by atoms with Crippen LogP contribution in [0.25, 0.3) is 5.32 Å². The van der Waals surface area contributed by atoms with Crippen molar-refractivity contribution in [2.75, 3.05) is 23.7 Å². The molecule has 2 aromatic rings. The Morgan fingerprint density at radius 2 is 1.85 bits per heavy atom. The molecule has 2 heterocycles. The summed E-state index contributed by atoms with van der Waals surface area (Å²) < 4.78 is 0. The van der Waals surface area contributed by atoms with E-state index in [1.807, 2.05) is 18.2 Å². The van der Waals surface area contributed by atoms with E-state index in [0.29, 0.717) is 6.04 Å². The first kappa shape index (κ1) is 20.1. The number of carboxylic acid groups (broad SMARTS) is 1. The fourth-order valence-electron chi connectivity index (χ4n) is 3.68. The molecule has 0 bridgehead atoms. The smallest absolute Gasteiger partial charge is 0.335 e. The Morgan fingerprint density at radius 3 is 2.52 bits per heavy atom. The molecule has 6 nitrogen and oxygen atoms in total. The Morgan fingerprint density at radius 1 is 1.15 bits per heavy atom. The summed E-state index contributed by atoms with van der Waals surface area (Å²) in [5.41, 5.74) is 4.01. The van der Waals surface area contributed by atoms with Crippen LogP contribution < -0.4 is 10.6 Å². The van der Waals surface area contributed by atoms with E-state index in [1.54, 1.807) is 24.3 Å². The monoisotopic (exact) mass is 440 g/mol. The van der Waals surface area contributed by atoms with Crippen LogP contribution in [0, 0.1) is 0 Å². The molecule has 3 N–H and O–H groups in total. The molecule has 2 aromatic carbocycles. The van der Waals surface area contributed by atoms with Crippen LogP contribution in [-0.4, -0.2) is 41.3 Å². The van der Waals surface area contributed by atoms with Gasteiger partial charge in [0.05, 0.1) is 16.9 Å². The second kappa shape index (κ2) is 8.59. The summed E-state index contributed by atoms with van der Waals surface area (Å²) in [5, 5.41) is 20.6. The Hall–Kier alpha value is -1.63. The van der Waals surface area contributed by atoms with Crippen LogP contribution in [0.4, 0.5) is 22.7 Å². The van der Waals surface area contributed by atoms with Crippen LogP contribution in [0.3, 0.4) is 0 Å². The van der Waals surface area contributed by atoms with Gasteiger partial charge in [0.1, 0.15) is 6.17 Å². The second-order valence-corrected chi connectivity index (χ2v) is 7.02. The predicted molar refractivity (Wildman–Crippen MR) is 104 cm³/mol. The van der Waals surface area contributed by atoms with Gasteiger partial charge in [-0.3, -0.25) is 4.90 Å². The van der Waals surface area contributed by atoms with Crippen molar-refractivity contribution in [3.8, 4) is 0 Å². The largest absolute Gasteiger partial charge is 0.658 e.